The number of hydrogen-bond donors (Lipinski definition) is 1. The van der Waals surface area contributed by atoms with Gasteiger partial charge in [-0.2, -0.15) is 5.26 Å². The van der Waals surface area contributed by atoms with Crippen LogP contribution in [-0.4, -0.2) is 44.3 Å². The SMILES string of the molecule is N#CC1(C(O)C2CCCOC2)CCS(=O)(=O)C1. The van der Waals surface area contributed by atoms with Crippen molar-refractivity contribution >= 4 is 9.84 Å². The molecule has 96 valence electrons. The normalized spacial score (nSPS) is 38.5. The molecule has 0 radical (unpaired) electrons. The van der Waals surface area contributed by atoms with E-state index in [2.05, 4.69) is 0 Å². The Morgan fingerprint density at radius 1 is 1.53 bits per heavy atom. The summed E-state index contributed by atoms with van der Waals surface area (Å²) in [7, 11) is -3.17. The molecule has 3 atom stereocenters. The Bertz CT molecular complexity index is 421. The van der Waals surface area contributed by atoms with Gasteiger partial charge in [0.15, 0.2) is 9.84 Å². The highest BCUT2D eigenvalue weighted by molar-refractivity contribution is 7.91. The van der Waals surface area contributed by atoms with Crippen LogP contribution < -0.4 is 0 Å². The van der Waals surface area contributed by atoms with Crippen LogP contribution in [-0.2, 0) is 14.6 Å². The van der Waals surface area contributed by atoms with Gasteiger partial charge in [-0.1, -0.05) is 0 Å². The van der Waals surface area contributed by atoms with Crippen molar-refractivity contribution in [2.45, 2.75) is 25.4 Å². The van der Waals surface area contributed by atoms with E-state index >= 15 is 0 Å². The molecule has 0 amide bonds. The summed E-state index contributed by atoms with van der Waals surface area (Å²) in [5.41, 5.74) is -1.12. The van der Waals surface area contributed by atoms with Crippen LogP contribution in [0, 0.1) is 22.7 Å². The Balaban J connectivity index is 2.16. The van der Waals surface area contributed by atoms with Crippen LogP contribution in [0.2, 0.25) is 0 Å². The standard InChI is InChI=1S/C11H17NO4S/c12-7-11(3-5-17(14,15)8-11)10(13)9-2-1-4-16-6-9/h9-10,13H,1-6,8H2. The first kappa shape index (κ1) is 12.8. The van der Waals surface area contributed by atoms with Crippen LogP contribution >= 0.6 is 0 Å². The van der Waals surface area contributed by atoms with Crippen molar-refractivity contribution in [3.05, 3.63) is 0 Å². The number of rotatable bonds is 2. The molecule has 2 rings (SSSR count). The third-order valence-corrected chi connectivity index (χ3v) is 5.55. The number of aliphatic hydroxyl groups excluding tert-OH is 1. The van der Waals surface area contributed by atoms with Gasteiger partial charge in [-0.15, -0.1) is 0 Å². The average Bonchev–Trinajstić information content (AvgIpc) is 2.66. The summed E-state index contributed by atoms with van der Waals surface area (Å²) in [5, 5.41) is 19.5. The summed E-state index contributed by atoms with van der Waals surface area (Å²) in [5.74, 6) is -0.323. The van der Waals surface area contributed by atoms with E-state index in [0.29, 0.717) is 13.2 Å². The van der Waals surface area contributed by atoms with Gasteiger partial charge < -0.3 is 9.84 Å². The summed E-state index contributed by atoms with van der Waals surface area (Å²) < 4.78 is 28.3. The lowest BCUT2D eigenvalue weighted by atomic mass is 9.75. The van der Waals surface area contributed by atoms with Gasteiger partial charge in [0.2, 0.25) is 0 Å². The molecule has 2 aliphatic heterocycles. The second-order valence-corrected chi connectivity index (χ2v) is 7.22. The molecule has 0 aromatic heterocycles. The molecule has 0 aromatic carbocycles. The highest BCUT2D eigenvalue weighted by Gasteiger charge is 2.50. The van der Waals surface area contributed by atoms with Crippen LogP contribution in [0.15, 0.2) is 0 Å². The third-order valence-electron chi connectivity index (χ3n) is 3.77. The maximum atomic E-state index is 11.5. The van der Waals surface area contributed by atoms with Gasteiger partial charge >= 0.3 is 0 Å². The Hall–Kier alpha value is -0.640. The van der Waals surface area contributed by atoms with Crippen LogP contribution in [0.4, 0.5) is 0 Å². The number of aliphatic hydroxyl groups is 1. The first-order valence-corrected chi connectivity index (χ1v) is 7.69. The lowest BCUT2D eigenvalue weighted by molar-refractivity contribution is -0.0455. The van der Waals surface area contributed by atoms with Gasteiger partial charge in [0.05, 0.1) is 35.7 Å². The second kappa shape index (κ2) is 4.56. The van der Waals surface area contributed by atoms with Crippen molar-refractivity contribution in [3.63, 3.8) is 0 Å². The van der Waals surface area contributed by atoms with Crippen molar-refractivity contribution in [1.29, 1.82) is 5.26 Å². The molecule has 0 aromatic rings. The Morgan fingerprint density at radius 2 is 2.29 bits per heavy atom. The summed E-state index contributed by atoms with van der Waals surface area (Å²) >= 11 is 0. The van der Waals surface area contributed by atoms with E-state index in [1.807, 2.05) is 6.07 Å². The topological polar surface area (TPSA) is 87.4 Å². The summed E-state index contributed by atoms with van der Waals surface area (Å²) in [4.78, 5) is 0. The van der Waals surface area contributed by atoms with E-state index in [4.69, 9.17) is 4.74 Å². The highest BCUT2D eigenvalue weighted by atomic mass is 32.2. The van der Waals surface area contributed by atoms with E-state index in [0.717, 1.165) is 12.8 Å². The van der Waals surface area contributed by atoms with Crippen molar-refractivity contribution < 1.29 is 18.3 Å². The maximum absolute atomic E-state index is 11.5. The monoisotopic (exact) mass is 259 g/mol. The van der Waals surface area contributed by atoms with Gasteiger partial charge in [-0.25, -0.2) is 8.42 Å². The van der Waals surface area contributed by atoms with Gasteiger partial charge in [0.1, 0.15) is 0 Å². The molecule has 0 spiro atoms. The first-order chi connectivity index (χ1) is 7.99. The third kappa shape index (κ3) is 2.46. The summed E-state index contributed by atoms with van der Waals surface area (Å²) in [6.07, 6.45) is 0.995. The zero-order valence-electron chi connectivity index (χ0n) is 9.63. The molecule has 3 unspecified atom stereocenters. The van der Waals surface area contributed by atoms with Gasteiger partial charge in [-0.05, 0) is 19.3 Å². The molecule has 2 heterocycles. The number of ether oxygens (including phenoxy) is 1. The first-order valence-electron chi connectivity index (χ1n) is 5.87. The molecule has 6 heteroatoms. The zero-order valence-corrected chi connectivity index (χ0v) is 10.4. The number of nitriles is 1. The van der Waals surface area contributed by atoms with E-state index in [-0.39, 0.29) is 23.8 Å². The Kier molecular flexibility index (Phi) is 3.43. The Labute approximate surface area is 101 Å². The van der Waals surface area contributed by atoms with Crippen molar-refractivity contribution in [1.82, 2.24) is 0 Å². The van der Waals surface area contributed by atoms with Crippen LogP contribution in [0.1, 0.15) is 19.3 Å². The molecule has 0 saturated carbocycles. The number of sulfone groups is 1. The molecular formula is C11H17NO4S. The van der Waals surface area contributed by atoms with Crippen LogP contribution in [0.25, 0.3) is 0 Å². The molecule has 2 fully saturated rings. The summed E-state index contributed by atoms with van der Waals surface area (Å²) in [6, 6.07) is 2.05. The fourth-order valence-electron chi connectivity index (χ4n) is 2.73. The smallest absolute Gasteiger partial charge is 0.152 e. The van der Waals surface area contributed by atoms with Gasteiger partial charge in [0.25, 0.3) is 0 Å². The largest absolute Gasteiger partial charge is 0.391 e. The molecule has 2 saturated heterocycles. The predicted molar refractivity (Wildman–Crippen MR) is 60.9 cm³/mol. The predicted octanol–water partition coefficient (Wildman–Crippen LogP) is 0.102. The minimum Gasteiger partial charge on any atom is -0.391 e. The fourth-order valence-corrected chi connectivity index (χ4v) is 4.71. The molecule has 1 N–H and O–H groups in total. The minimum atomic E-state index is -3.17. The minimum absolute atomic E-state index is 0.00516. The van der Waals surface area contributed by atoms with Gasteiger partial charge in [0, 0.05) is 12.5 Å². The molecular weight excluding hydrogens is 242 g/mol. The maximum Gasteiger partial charge on any atom is 0.152 e. The van der Waals surface area contributed by atoms with E-state index in [1.165, 1.54) is 0 Å². The summed E-state index contributed by atoms with van der Waals surface area (Å²) in [6.45, 7) is 1.10. The van der Waals surface area contributed by atoms with Crippen molar-refractivity contribution in [2.24, 2.45) is 11.3 Å². The van der Waals surface area contributed by atoms with E-state index in [1.54, 1.807) is 0 Å². The molecule has 5 nitrogen and oxygen atoms in total. The average molecular weight is 259 g/mol. The van der Waals surface area contributed by atoms with Gasteiger partial charge in [-0.3, -0.25) is 0 Å². The Morgan fingerprint density at radius 3 is 2.76 bits per heavy atom. The van der Waals surface area contributed by atoms with Crippen molar-refractivity contribution in [3.8, 4) is 6.07 Å². The number of nitrogens with zero attached hydrogens (tertiary/aromatic N) is 1. The van der Waals surface area contributed by atoms with Crippen LogP contribution in [0.5, 0.6) is 0 Å². The highest BCUT2D eigenvalue weighted by Crippen LogP contribution is 2.39. The molecule has 17 heavy (non-hydrogen) atoms. The quantitative estimate of drug-likeness (QED) is 0.760. The lowest BCUT2D eigenvalue weighted by Gasteiger charge is -2.34. The fraction of sp³-hybridized carbons (Fsp3) is 0.909. The molecule has 2 aliphatic rings. The van der Waals surface area contributed by atoms with Crippen molar-refractivity contribution in [2.75, 3.05) is 24.7 Å². The lowest BCUT2D eigenvalue weighted by Crippen LogP contribution is -2.43. The van der Waals surface area contributed by atoms with E-state index < -0.39 is 21.4 Å². The molecule has 0 aliphatic carbocycles. The number of hydrogen-bond acceptors (Lipinski definition) is 5. The molecule has 0 bridgehead atoms. The second-order valence-electron chi connectivity index (χ2n) is 5.03. The van der Waals surface area contributed by atoms with E-state index in [9.17, 15) is 18.8 Å². The van der Waals surface area contributed by atoms with Crippen LogP contribution in [0.3, 0.4) is 0 Å². The zero-order chi connectivity index (χ0) is 12.5.